The molecule has 0 aliphatic carbocycles. The van der Waals surface area contributed by atoms with Crippen LogP contribution in [0.3, 0.4) is 0 Å². The predicted molar refractivity (Wildman–Crippen MR) is 83.3 cm³/mol. The fourth-order valence-electron chi connectivity index (χ4n) is 2.73. The highest BCUT2D eigenvalue weighted by molar-refractivity contribution is 6.30. The molecular formula is C15H22ClN3O. The van der Waals surface area contributed by atoms with Gasteiger partial charge in [-0.2, -0.15) is 0 Å². The van der Waals surface area contributed by atoms with E-state index in [-0.39, 0.29) is 11.9 Å². The summed E-state index contributed by atoms with van der Waals surface area (Å²) in [5.74, 6) is 0.0897. The van der Waals surface area contributed by atoms with Gasteiger partial charge in [0.25, 0.3) is 0 Å². The van der Waals surface area contributed by atoms with E-state index in [1.807, 2.05) is 18.2 Å². The first-order valence-electron chi connectivity index (χ1n) is 7.14. The van der Waals surface area contributed by atoms with Crippen molar-refractivity contribution in [3.8, 4) is 0 Å². The molecule has 1 amide bonds. The average molecular weight is 296 g/mol. The lowest BCUT2D eigenvalue weighted by Gasteiger charge is -2.28. The van der Waals surface area contributed by atoms with Crippen molar-refractivity contribution in [3.05, 3.63) is 28.8 Å². The van der Waals surface area contributed by atoms with Gasteiger partial charge in [-0.05, 0) is 43.1 Å². The molecule has 0 radical (unpaired) electrons. The summed E-state index contributed by atoms with van der Waals surface area (Å²) in [5.41, 5.74) is 2.26. The van der Waals surface area contributed by atoms with Crippen LogP contribution in [0.1, 0.15) is 25.3 Å². The Labute approximate surface area is 125 Å². The molecule has 1 saturated heterocycles. The summed E-state index contributed by atoms with van der Waals surface area (Å²) < 4.78 is 0. The highest BCUT2D eigenvalue weighted by Crippen LogP contribution is 2.30. The minimum absolute atomic E-state index is 0.0680. The first-order valence-corrected chi connectivity index (χ1v) is 7.52. The predicted octanol–water partition coefficient (Wildman–Crippen LogP) is 2.16. The first-order chi connectivity index (χ1) is 9.67. The topological polar surface area (TPSA) is 44.4 Å². The van der Waals surface area contributed by atoms with Crippen molar-refractivity contribution in [2.45, 2.75) is 32.4 Å². The molecule has 110 valence electrons. The van der Waals surface area contributed by atoms with Crippen LogP contribution in [-0.2, 0) is 11.3 Å². The number of nitrogens with one attached hydrogen (secondary N) is 2. The van der Waals surface area contributed by atoms with E-state index in [1.54, 1.807) is 7.05 Å². The van der Waals surface area contributed by atoms with Crippen molar-refractivity contribution in [1.82, 2.24) is 10.6 Å². The Hall–Kier alpha value is -1.26. The Morgan fingerprint density at radius 2 is 2.30 bits per heavy atom. The van der Waals surface area contributed by atoms with E-state index >= 15 is 0 Å². The molecule has 0 bridgehead atoms. The lowest BCUT2D eigenvalue weighted by Crippen LogP contribution is -2.42. The van der Waals surface area contributed by atoms with E-state index in [1.165, 1.54) is 0 Å². The second kappa shape index (κ2) is 6.95. The van der Waals surface area contributed by atoms with E-state index < -0.39 is 0 Å². The molecule has 0 aromatic heterocycles. The molecule has 4 nitrogen and oxygen atoms in total. The quantitative estimate of drug-likeness (QED) is 0.875. The Balaban J connectivity index is 2.28. The van der Waals surface area contributed by atoms with Crippen LogP contribution in [0.2, 0.25) is 5.02 Å². The summed E-state index contributed by atoms with van der Waals surface area (Å²) in [5, 5.41) is 6.82. The van der Waals surface area contributed by atoms with E-state index in [4.69, 9.17) is 11.6 Å². The molecule has 1 unspecified atom stereocenters. The average Bonchev–Trinajstić information content (AvgIpc) is 2.93. The zero-order valence-electron chi connectivity index (χ0n) is 12.1. The molecule has 1 aromatic rings. The highest BCUT2D eigenvalue weighted by Gasteiger charge is 2.31. The Kier molecular flexibility index (Phi) is 5.26. The highest BCUT2D eigenvalue weighted by atomic mass is 35.5. The third kappa shape index (κ3) is 3.25. The van der Waals surface area contributed by atoms with Crippen molar-refractivity contribution in [1.29, 1.82) is 0 Å². The maximum Gasteiger partial charge on any atom is 0.242 e. The molecule has 1 fully saturated rings. The zero-order valence-corrected chi connectivity index (χ0v) is 12.8. The number of nitrogens with zero attached hydrogens (tertiary/aromatic N) is 1. The van der Waals surface area contributed by atoms with Crippen molar-refractivity contribution in [3.63, 3.8) is 0 Å². The molecular weight excluding hydrogens is 274 g/mol. The number of rotatable bonds is 5. The van der Waals surface area contributed by atoms with Crippen molar-refractivity contribution < 1.29 is 4.79 Å². The van der Waals surface area contributed by atoms with Gasteiger partial charge in [0.2, 0.25) is 5.91 Å². The molecule has 1 aromatic carbocycles. The van der Waals surface area contributed by atoms with Gasteiger partial charge in [-0.15, -0.1) is 0 Å². The van der Waals surface area contributed by atoms with Gasteiger partial charge in [0, 0.05) is 30.8 Å². The van der Waals surface area contributed by atoms with Crippen molar-refractivity contribution in [2.75, 3.05) is 25.0 Å². The maximum atomic E-state index is 12.0. The molecule has 20 heavy (non-hydrogen) atoms. The van der Waals surface area contributed by atoms with Crippen molar-refractivity contribution in [2.24, 2.45) is 0 Å². The minimum Gasteiger partial charge on any atom is -0.359 e. The number of hydrogen-bond acceptors (Lipinski definition) is 3. The fraction of sp³-hybridized carbons (Fsp3) is 0.533. The SMILES string of the molecule is CCNCc1cc(Cl)ccc1N1CCCC1C(=O)NC. The lowest BCUT2D eigenvalue weighted by atomic mass is 10.1. The van der Waals surface area contributed by atoms with Gasteiger partial charge in [-0.1, -0.05) is 18.5 Å². The lowest BCUT2D eigenvalue weighted by molar-refractivity contribution is -0.121. The van der Waals surface area contributed by atoms with Crippen LogP contribution in [0, 0.1) is 0 Å². The monoisotopic (exact) mass is 295 g/mol. The normalized spacial score (nSPS) is 18.4. The standard InChI is InChI=1S/C15H22ClN3O/c1-3-18-10-11-9-12(16)6-7-13(11)19-8-4-5-14(19)15(20)17-2/h6-7,9,14,18H,3-5,8,10H2,1-2H3,(H,17,20). The second-order valence-electron chi connectivity index (χ2n) is 5.02. The number of hydrogen-bond donors (Lipinski definition) is 2. The van der Waals surface area contributed by atoms with E-state index in [0.29, 0.717) is 0 Å². The number of carbonyl (C=O) groups excluding carboxylic acids is 1. The number of anilines is 1. The van der Waals surface area contributed by atoms with Gasteiger partial charge in [0.15, 0.2) is 0 Å². The summed E-state index contributed by atoms with van der Waals surface area (Å²) in [4.78, 5) is 14.2. The van der Waals surface area contributed by atoms with Crippen LogP contribution in [0.5, 0.6) is 0 Å². The fourth-order valence-corrected chi connectivity index (χ4v) is 2.92. The Morgan fingerprint density at radius 3 is 3.00 bits per heavy atom. The smallest absolute Gasteiger partial charge is 0.242 e. The van der Waals surface area contributed by atoms with Crippen LogP contribution in [0.15, 0.2) is 18.2 Å². The van der Waals surface area contributed by atoms with Crippen LogP contribution < -0.4 is 15.5 Å². The molecule has 5 heteroatoms. The number of carbonyl (C=O) groups is 1. The van der Waals surface area contributed by atoms with Gasteiger partial charge in [-0.3, -0.25) is 4.79 Å². The van der Waals surface area contributed by atoms with E-state index in [9.17, 15) is 4.79 Å². The minimum atomic E-state index is -0.0680. The van der Waals surface area contributed by atoms with Crippen molar-refractivity contribution >= 4 is 23.2 Å². The second-order valence-corrected chi connectivity index (χ2v) is 5.46. The number of benzene rings is 1. The number of amides is 1. The third-order valence-electron chi connectivity index (χ3n) is 3.72. The Bertz CT molecular complexity index is 478. The van der Waals surface area contributed by atoms with Crippen LogP contribution in [-0.4, -0.2) is 32.1 Å². The molecule has 1 heterocycles. The summed E-state index contributed by atoms with van der Waals surface area (Å²) in [6.45, 7) is 4.67. The zero-order chi connectivity index (χ0) is 14.5. The van der Waals surface area contributed by atoms with Gasteiger partial charge in [-0.25, -0.2) is 0 Å². The molecule has 0 spiro atoms. The van der Waals surface area contributed by atoms with E-state index in [0.717, 1.165) is 48.7 Å². The summed E-state index contributed by atoms with van der Waals surface area (Å²) in [6.07, 6.45) is 1.95. The number of halogens is 1. The molecule has 0 saturated carbocycles. The van der Waals surface area contributed by atoms with E-state index in [2.05, 4.69) is 22.5 Å². The Morgan fingerprint density at radius 1 is 1.50 bits per heavy atom. The summed E-state index contributed by atoms with van der Waals surface area (Å²) >= 11 is 6.10. The molecule has 1 aliphatic rings. The third-order valence-corrected chi connectivity index (χ3v) is 3.95. The molecule has 1 atom stereocenters. The summed E-state index contributed by atoms with van der Waals surface area (Å²) in [7, 11) is 1.69. The molecule has 1 aliphatic heterocycles. The first kappa shape index (κ1) is 15.1. The molecule has 2 rings (SSSR count). The number of likely N-dealkylation sites (N-methyl/N-ethyl adjacent to an activating group) is 1. The van der Waals surface area contributed by atoms with Gasteiger partial charge >= 0.3 is 0 Å². The van der Waals surface area contributed by atoms with Gasteiger partial charge < -0.3 is 15.5 Å². The largest absolute Gasteiger partial charge is 0.359 e. The maximum absolute atomic E-state index is 12.0. The van der Waals surface area contributed by atoms with Crippen LogP contribution in [0.25, 0.3) is 0 Å². The van der Waals surface area contributed by atoms with Crippen LogP contribution >= 0.6 is 11.6 Å². The van der Waals surface area contributed by atoms with Gasteiger partial charge in [0.05, 0.1) is 0 Å². The molecule has 2 N–H and O–H groups in total. The summed E-state index contributed by atoms with van der Waals surface area (Å²) in [6, 6.07) is 5.84. The van der Waals surface area contributed by atoms with Gasteiger partial charge in [0.1, 0.15) is 6.04 Å². The van der Waals surface area contributed by atoms with Crippen LogP contribution in [0.4, 0.5) is 5.69 Å².